The summed E-state index contributed by atoms with van der Waals surface area (Å²) in [6, 6.07) is 15.7. The molecule has 2 aliphatic rings. The predicted molar refractivity (Wildman–Crippen MR) is 132 cm³/mol. The molecule has 0 radical (unpaired) electrons. The molecule has 5 nitrogen and oxygen atoms in total. The molecule has 1 aliphatic carbocycles. The first-order valence-electron chi connectivity index (χ1n) is 11.0. The molecule has 3 aromatic carbocycles. The van der Waals surface area contributed by atoms with Crippen LogP contribution in [-0.4, -0.2) is 21.9 Å². The second kappa shape index (κ2) is 8.82. The molecule has 5 rings (SSSR count). The van der Waals surface area contributed by atoms with Gasteiger partial charge < -0.3 is 10.2 Å². The van der Waals surface area contributed by atoms with Gasteiger partial charge in [-0.2, -0.15) is 0 Å². The van der Waals surface area contributed by atoms with Crippen LogP contribution in [0.3, 0.4) is 0 Å². The number of ketones is 1. The molecule has 0 spiro atoms. The number of Topliss-reactive ketones (excluding diaryl/α,β-unsaturated/α-hetero) is 1. The highest BCUT2D eigenvalue weighted by Crippen LogP contribution is 2.44. The lowest BCUT2D eigenvalue weighted by atomic mass is 9.88. The molecule has 0 aromatic heterocycles. The Kier molecular flexibility index (Phi) is 5.84. The number of phenolic OH excluding ortho intramolecular Hbond substituents is 1. The highest BCUT2D eigenvalue weighted by atomic mass is 35.5. The van der Waals surface area contributed by atoms with Crippen molar-refractivity contribution in [2.75, 3.05) is 4.90 Å². The first-order chi connectivity index (χ1) is 16.3. The number of aryl methyl sites for hydroxylation is 2. The lowest BCUT2D eigenvalue weighted by Crippen LogP contribution is -2.29. The Labute approximate surface area is 206 Å². The second-order valence-corrected chi connectivity index (χ2v) is 9.39. The number of halogens is 2. The number of hydrogen-bond donors (Lipinski definition) is 2. The normalized spacial score (nSPS) is 19.4. The van der Waals surface area contributed by atoms with Gasteiger partial charge in [0.1, 0.15) is 11.5 Å². The summed E-state index contributed by atoms with van der Waals surface area (Å²) in [6.07, 6.45) is 4.10. The minimum atomic E-state index is -0.935. The van der Waals surface area contributed by atoms with E-state index in [-0.39, 0.29) is 22.1 Å². The molecule has 1 saturated heterocycles. The Morgan fingerprint density at radius 1 is 0.882 bits per heavy atom. The maximum atomic E-state index is 13.3. The minimum absolute atomic E-state index is 0.0301. The van der Waals surface area contributed by atoms with Gasteiger partial charge in [-0.1, -0.05) is 41.4 Å². The average Bonchev–Trinajstić information content (AvgIpc) is 3.11. The van der Waals surface area contributed by atoms with Crippen molar-refractivity contribution in [2.24, 2.45) is 0 Å². The van der Waals surface area contributed by atoms with Gasteiger partial charge in [0.15, 0.2) is 0 Å². The fraction of sp³-hybridized carbons (Fsp3) is 0.185. The van der Waals surface area contributed by atoms with E-state index in [1.165, 1.54) is 22.6 Å². The van der Waals surface area contributed by atoms with Crippen molar-refractivity contribution in [3.8, 4) is 5.75 Å². The van der Waals surface area contributed by atoms with Gasteiger partial charge in [0.25, 0.3) is 11.7 Å². The van der Waals surface area contributed by atoms with Crippen molar-refractivity contribution in [2.45, 2.75) is 31.7 Å². The summed E-state index contributed by atoms with van der Waals surface area (Å²) >= 11 is 12.2. The molecule has 0 saturated carbocycles. The van der Waals surface area contributed by atoms with E-state index in [0.717, 1.165) is 31.2 Å². The van der Waals surface area contributed by atoms with Crippen LogP contribution in [0.5, 0.6) is 5.75 Å². The summed E-state index contributed by atoms with van der Waals surface area (Å²) in [6.45, 7) is 0. The van der Waals surface area contributed by atoms with Gasteiger partial charge in [-0.25, -0.2) is 0 Å². The van der Waals surface area contributed by atoms with E-state index in [0.29, 0.717) is 21.8 Å². The molecule has 1 unspecified atom stereocenters. The van der Waals surface area contributed by atoms with Gasteiger partial charge in [-0.05, 0) is 84.8 Å². The Hall–Kier alpha value is -3.28. The number of benzene rings is 3. The summed E-state index contributed by atoms with van der Waals surface area (Å²) in [4.78, 5) is 27.8. The van der Waals surface area contributed by atoms with Crippen LogP contribution < -0.4 is 4.90 Å². The van der Waals surface area contributed by atoms with Crippen molar-refractivity contribution >= 4 is 46.3 Å². The maximum absolute atomic E-state index is 13.3. The van der Waals surface area contributed by atoms with E-state index in [1.54, 1.807) is 36.4 Å². The molecule has 0 bridgehead atoms. The topological polar surface area (TPSA) is 77.8 Å². The van der Waals surface area contributed by atoms with Gasteiger partial charge in [-0.15, -0.1) is 0 Å². The van der Waals surface area contributed by atoms with Crippen LogP contribution in [0.25, 0.3) is 5.76 Å². The zero-order valence-corrected chi connectivity index (χ0v) is 19.6. The van der Waals surface area contributed by atoms with E-state index in [1.807, 2.05) is 12.1 Å². The van der Waals surface area contributed by atoms with Crippen LogP contribution in [-0.2, 0) is 22.4 Å². The number of hydrogen-bond acceptors (Lipinski definition) is 4. The molecule has 1 amide bonds. The zero-order chi connectivity index (χ0) is 24.0. The third-order valence-electron chi connectivity index (χ3n) is 6.46. The van der Waals surface area contributed by atoms with E-state index in [9.17, 15) is 19.8 Å². The summed E-state index contributed by atoms with van der Waals surface area (Å²) < 4.78 is 0. The molecule has 34 heavy (non-hydrogen) atoms. The van der Waals surface area contributed by atoms with Crippen LogP contribution in [0.4, 0.5) is 5.69 Å². The van der Waals surface area contributed by atoms with E-state index < -0.39 is 17.7 Å². The van der Waals surface area contributed by atoms with Crippen molar-refractivity contribution in [3.05, 3.63) is 98.5 Å². The molecule has 172 valence electrons. The fourth-order valence-corrected chi connectivity index (χ4v) is 5.06. The number of aromatic hydroxyl groups is 1. The van der Waals surface area contributed by atoms with Gasteiger partial charge in [-0.3, -0.25) is 14.5 Å². The van der Waals surface area contributed by atoms with Crippen molar-refractivity contribution in [1.29, 1.82) is 0 Å². The van der Waals surface area contributed by atoms with Gasteiger partial charge in [0.05, 0.1) is 16.6 Å². The Morgan fingerprint density at radius 2 is 1.59 bits per heavy atom. The van der Waals surface area contributed by atoms with Crippen LogP contribution >= 0.6 is 23.2 Å². The van der Waals surface area contributed by atoms with Crippen molar-refractivity contribution < 1.29 is 19.8 Å². The van der Waals surface area contributed by atoms with Gasteiger partial charge in [0, 0.05) is 16.3 Å². The predicted octanol–water partition coefficient (Wildman–Crippen LogP) is 6.20. The SMILES string of the molecule is O=C1C(=O)N(c2ccc(Cl)cc2)C(c2ccc(O)c(Cl)c2)/C1=C(/O)c1ccc2c(c1)CCCC2. The molecular weight excluding hydrogens is 473 g/mol. The third kappa shape index (κ3) is 3.85. The highest BCUT2D eigenvalue weighted by Gasteiger charge is 2.47. The maximum Gasteiger partial charge on any atom is 0.300 e. The van der Waals surface area contributed by atoms with Gasteiger partial charge >= 0.3 is 0 Å². The number of fused-ring (bicyclic) bond motifs is 1. The van der Waals surface area contributed by atoms with Crippen LogP contribution in [0.1, 0.15) is 41.1 Å². The molecular formula is C27H21Cl2NO4. The second-order valence-electron chi connectivity index (χ2n) is 8.55. The van der Waals surface area contributed by atoms with Crippen molar-refractivity contribution in [3.63, 3.8) is 0 Å². The molecule has 7 heteroatoms. The van der Waals surface area contributed by atoms with Crippen LogP contribution in [0.15, 0.2) is 66.2 Å². The quantitative estimate of drug-likeness (QED) is 0.258. The largest absolute Gasteiger partial charge is 0.507 e. The van der Waals surface area contributed by atoms with E-state index in [4.69, 9.17) is 23.2 Å². The van der Waals surface area contributed by atoms with Gasteiger partial charge in [0.2, 0.25) is 0 Å². The average molecular weight is 494 g/mol. The van der Waals surface area contributed by atoms with Crippen LogP contribution in [0.2, 0.25) is 10.0 Å². The summed E-state index contributed by atoms with van der Waals surface area (Å²) in [7, 11) is 0. The lowest BCUT2D eigenvalue weighted by Gasteiger charge is -2.26. The minimum Gasteiger partial charge on any atom is -0.507 e. The number of rotatable bonds is 3. The number of aliphatic hydroxyl groups excluding tert-OH is 1. The number of aliphatic hydroxyl groups is 1. The fourth-order valence-electron chi connectivity index (χ4n) is 4.75. The third-order valence-corrected chi connectivity index (χ3v) is 7.01. The lowest BCUT2D eigenvalue weighted by molar-refractivity contribution is -0.132. The Morgan fingerprint density at radius 3 is 2.29 bits per heavy atom. The summed E-state index contributed by atoms with van der Waals surface area (Å²) in [5.74, 6) is -1.92. The molecule has 1 aliphatic heterocycles. The number of nitrogens with zero attached hydrogens (tertiary/aromatic N) is 1. The summed E-state index contributed by atoms with van der Waals surface area (Å²) in [5, 5.41) is 21.8. The monoisotopic (exact) mass is 493 g/mol. The molecule has 3 aromatic rings. The smallest absolute Gasteiger partial charge is 0.300 e. The molecule has 1 heterocycles. The molecule has 2 N–H and O–H groups in total. The molecule has 1 atom stereocenters. The Bertz CT molecular complexity index is 1350. The Balaban J connectivity index is 1.70. The highest BCUT2D eigenvalue weighted by molar-refractivity contribution is 6.51. The van der Waals surface area contributed by atoms with Crippen molar-refractivity contribution in [1.82, 2.24) is 0 Å². The number of amides is 1. The number of carbonyl (C=O) groups is 2. The van der Waals surface area contributed by atoms with E-state index >= 15 is 0 Å². The zero-order valence-electron chi connectivity index (χ0n) is 18.1. The summed E-state index contributed by atoms with van der Waals surface area (Å²) in [5.41, 5.74) is 3.78. The number of carbonyl (C=O) groups excluding carboxylic acids is 2. The first-order valence-corrected chi connectivity index (χ1v) is 11.8. The molecule has 1 fully saturated rings. The standard InChI is InChI=1S/C27H21Cl2NO4/c28-19-8-10-20(11-9-19)30-24(17-7-12-22(31)21(29)14-17)23(26(33)27(30)34)25(32)18-6-5-15-3-1-2-4-16(15)13-18/h5-14,24,31-32H,1-4H2/b25-23-. The van der Waals surface area contributed by atoms with Crippen LogP contribution in [0, 0.1) is 0 Å². The first kappa shape index (κ1) is 22.5. The van der Waals surface area contributed by atoms with E-state index in [2.05, 4.69) is 0 Å². The number of anilines is 1. The number of phenols is 1.